The molecule has 3 rings (SSSR count). The smallest absolute Gasteiger partial charge is 0.203 e. The first-order chi connectivity index (χ1) is 8.63. The summed E-state index contributed by atoms with van der Waals surface area (Å²) in [7, 11) is 0. The molecular formula is C14H11NO3. The van der Waals surface area contributed by atoms with Crippen LogP contribution in [0.1, 0.15) is 27.8 Å². The van der Waals surface area contributed by atoms with Crippen molar-refractivity contribution >= 4 is 22.5 Å². The SMILES string of the molecule is CCn1c2c(c3cc(O)ccc31)C(=O)C=CC2=O. The molecule has 1 aromatic heterocycles. The molecule has 1 aliphatic rings. The number of allylic oxidation sites excluding steroid dienone is 2. The first-order valence-electron chi connectivity index (χ1n) is 5.75. The van der Waals surface area contributed by atoms with Crippen LogP contribution in [0.4, 0.5) is 0 Å². The summed E-state index contributed by atoms with van der Waals surface area (Å²) in [4.78, 5) is 23.9. The van der Waals surface area contributed by atoms with Crippen molar-refractivity contribution in [1.82, 2.24) is 4.57 Å². The summed E-state index contributed by atoms with van der Waals surface area (Å²) in [5.74, 6) is -0.261. The van der Waals surface area contributed by atoms with Crippen molar-refractivity contribution in [3.8, 4) is 5.75 Å². The monoisotopic (exact) mass is 241 g/mol. The van der Waals surface area contributed by atoms with E-state index >= 15 is 0 Å². The molecule has 18 heavy (non-hydrogen) atoms. The largest absolute Gasteiger partial charge is 0.508 e. The van der Waals surface area contributed by atoms with Gasteiger partial charge in [0.1, 0.15) is 11.4 Å². The van der Waals surface area contributed by atoms with Crippen LogP contribution in [0.5, 0.6) is 5.75 Å². The molecule has 4 nitrogen and oxygen atoms in total. The second-order valence-corrected chi connectivity index (χ2v) is 4.23. The number of ketones is 2. The number of phenols is 1. The summed E-state index contributed by atoms with van der Waals surface area (Å²) in [6.07, 6.45) is 2.59. The van der Waals surface area contributed by atoms with E-state index in [0.717, 1.165) is 5.52 Å². The van der Waals surface area contributed by atoms with E-state index in [1.165, 1.54) is 18.2 Å². The third kappa shape index (κ3) is 1.26. The van der Waals surface area contributed by atoms with Crippen LogP contribution in [0.3, 0.4) is 0 Å². The highest BCUT2D eigenvalue weighted by atomic mass is 16.3. The van der Waals surface area contributed by atoms with Crippen LogP contribution in [0.15, 0.2) is 30.4 Å². The Balaban J connectivity index is 2.51. The van der Waals surface area contributed by atoms with Gasteiger partial charge in [-0.2, -0.15) is 0 Å². The van der Waals surface area contributed by atoms with Gasteiger partial charge in [-0.1, -0.05) is 0 Å². The van der Waals surface area contributed by atoms with Gasteiger partial charge in [-0.3, -0.25) is 9.59 Å². The zero-order valence-electron chi connectivity index (χ0n) is 9.80. The van der Waals surface area contributed by atoms with Crippen LogP contribution >= 0.6 is 0 Å². The van der Waals surface area contributed by atoms with Gasteiger partial charge in [0.2, 0.25) is 5.78 Å². The zero-order chi connectivity index (χ0) is 12.9. The molecule has 1 aliphatic carbocycles. The number of hydrogen-bond acceptors (Lipinski definition) is 3. The normalized spacial score (nSPS) is 14.3. The Labute approximate surface area is 103 Å². The minimum Gasteiger partial charge on any atom is -0.508 e. The number of carbonyl (C=O) groups is 2. The zero-order valence-corrected chi connectivity index (χ0v) is 9.80. The topological polar surface area (TPSA) is 59.3 Å². The molecule has 0 bridgehead atoms. The lowest BCUT2D eigenvalue weighted by Gasteiger charge is -2.08. The van der Waals surface area contributed by atoms with Gasteiger partial charge in [-0.25, -0.2) is 0 Å². The van der Waals surface area contributed by atoms with Crippen molar-refractivity contribution < 1.29 is 14.7 Å². The van der Waals surface area contributed by atoms with Gasteiger partial charge in [0.15, 0.2) is 5.78 Å². The third-order valence-electron chi connectivity index (χ3n) is 3.23. The predicted octanol–water partition coefficient (Wildman–Crippen LogP) is 2.30. The number of nitrogens with zero attached hydrogens (tertiary/aromatic N) is 1. The van der Waals surface area contributed by atoms with Gasteiger partial charge in [0.05, 0.1) is 5.56 Å². The summed E-state index contributed by atoms with van der Waals surface area (Å²) in [5, 5.41) is 10.2. The second kappa shape index (κ2) is 3.57. The van der Waals surface area contributed by atoms with Crippen LogP contribution < -0.4 is 0 Å². The number of rotatable bonds is 1. The maximum atomic E-state index is 12.0. The van der Waals surface area contributed by atoms with E-state index in [0.29, 0.717) is 23.2 Å². The predicted molar refractivity (Wildman–Crippen MR) is 67.1 cm³/mol. The highest BCUT2D eigenvalue weighted by Crippen LogP contribution is 2.32. The quantitative estimate of drug-likeness (QED) is 0.833. The van der Waals surface area contributed by atoms with Gasteiger partial charge in [0.25, 0.3) is 0 Å². The molecule has 0 atom stereocenters. The summed E-state index contributed by atoms with van der Waals surface area (Å²) in [6.45, 7) is 2.52. The summed E-state index contributed by atoms with van der Waals surface area (Å²) >= 11 is 0. The van der Waals surface area contributed by atoms with Crippen molar-refractivity contribution in [3.63, 3.8) is 0 Å². The summed E-state index contributed by atoms with van der Waals surface area (Å²) in [6, 6.07) is 4.82. The molecule has 0 spiro atoms. The molecule has 0 saturated carbocycles. The fourth-order valence-electron chi connectivity index (χ4n) is 2.49. The Morgan fingerprint density at radius 3 is 2.61 bits per heavy atom. The van der Waals surface area contributed by atoms with Gasteiger partial charge in [0, 0.05) is 17.4 Å². The molecule has 1 aromatic carbocycles. The molecule has 0 saturated heterocycles. The Morgan fingerprint density at radius 1 is 1.17 bits per heavy atom. The van der Waals surface area contributed by atoms with Gasteiger partial charge >= 0.3 is 0 Å². The Hall–Kier alpha value is -2.36. The molecule has 2 aromatic rings. The van der Waals surface area contributed by atoms with E-state index in [4.69, 9.17) is 0 Å². The molecule has 0 amide bonds. The Kier molecular flexibility index (Phi) is 2.13. The number of aromatic hydroxyl groups is 1. The highest BCUT2D eigenvalue weighted by Gasteiger charge is 2.27. The number of aromatic nitrogens is 1. The van der Waals surface area contributed by atoms with Crippen molar-refractivity contribution in [2.75, 3.05) is 0 Å². The Morgan fingerprint density at radius 2 is 1.89 bits per heavy atom. The first kappa shape index (κ1) is 10.8. The minimum atomic E-state index is -0.188. The van der Waals surface area contributed by atoms with E-state index in [-0.39, 0.29) is 17.3 Å². The number of carbonyl (C=O) groups excluding carboxylic acids is 2. The fraction of sp³-hybridized carbons (Fsp3) is 0.143. The van der Waals surface area contributed by atoms with E-state index in [2.05, 4.69) is 0 Å². The average molecular weight is 241 g/mol. The van der Waals surface area contributed by atoms with E-state index in [1.807, 2.05) is 11.5 Å². The first-order valence-corrected chi connectivity index (χ1v) is 5.75. The van der Waals surface area contributed by atoms with Crippen LogP contribution in [-0.4, -0.2) is 21.2 Å². The van der Waals surface area contributed by atoms with Crippen molar-refractivity contribution in [1.29, 1.82) is 0 Å². The second-order valence-electron chi connectivity index (χ2n) is 4.23. The number of phenolic OH excluding ortho intramolecular Hbond substituents is 1. The number of hydrogen-bond donors (Lipinski definition) is 1. The summed E-state index contributed by atoms with van der Waals surface area (Å²) in [5.41, 5.74) is 1.62. The van der Waals surface area contributed by atoms with Crippen molar-refractivity contribution in [2.24, 2.45) is 0 Å². The van der Waals surface area contributed by atoms with E-state index < -0.39 is 0 Å². The molecule has 1 N–H and O–H groups in total. The van der Waals surface area contributed by atoms with Gasteiger partial charge < -0.3 is 9.67 Å². The van der Waals surface area contributed by atoms with Gasteiger partial charge in [-0.05, 0) is 37.3 Å². The number of aryl methyl sites for hydroxylation is 1. The maximum Gasteiger partial charge on any atom is 0.203 e. The molecule has 4 heteroatoms. The number of fused-ring (bicyclic) bond motifs is 3. The molecule has 0 radical (unpaired) electrons. The summed E-state index contributed by atoms with van der Waals surface area (Å²) < 4.78 is 1.81. The van der Waals surface area contributed by atoms with Crippen LogP contribution in [-0.2, 0) is 6.54 Å². The van der Waals surface area contributed by atoms with Crippen LogP contribution in [0, 0.1) is 0 Å². The average Bonchev–Trinajstić information content (AvgIpc) is 2.68. The van der Waals surface area contributed by atoms with Crippen molar-refractivity contribution in [3.05, 3.63) is 41.6 Å². The molecule has 1 heterocycles. The Bertz CT molecular complexity index is 722. The molecule has 0 unspecified atom stereocenters. The maximum absolute atomic E-state index is 12.0. The standard InChI is InChI=1S/C14H11NO3/c1-2-15-10-4-3-8(16)7-9(10)13-11(17)5-6-12(18)14(13)15/h3-7,16H,2H2,1H3. The van der Waals surface area contributed by atoms with Crippen LogP contribution in [0.2, 0.25) is 0 Å². The van der Waals surface area contributed by atoms with Crippen LogP contribution in [0.25, 0.3) is 10.9 Å². The highest BCUT2D eigenvalue weighted by molar-refractivity contribution is 6.27. The van der Waals surface area contributed by atoms with E-state index in [9.17, 15) is 14.7 Å². The third-order valence-corrected chi connectivity index (χ3v) is 3.23. The molecule has 0 fully saturated rings. The minimum absolute atomic E-state index is 0.0911. The molecule has 0 aliphatic heterocycles. The number of benzene rings is 1. The lowest BCUT2D eigenvalue weighted by molar-refractivity contribution is 0.0989. The lowest BCUT2D eigenvalue weighted by Crippen LogP contribution is -2.14. The van der Waals surface area contributed by atoms with E-state index in [1.54, 1.807) is 12.1 Å². The van der Waals surface area contributed by atoms with Gasteiger partial charge in [-0.15, -0.1) is 0 Å². The molecular weight excluding hydrogens is 230 g/mol. The van der Waals surface area contributed by atoms with Crippen molar-refractivity contribution in [2.45, 2.75) is 13.5 Å². The lowest BCUT2D eigenvalue weighted by atomic mass is 9.99. The fourth-order valence-corrected chi connectivity index (χ4v) is 2.49. The molecule has 90 valence electrons.